The standard InChI is InChI=1S/C15H22N2O2.C2H5NO/c1-12(18)13-3-5-15(6-4-13)19-10-2-8-17-9-7-14(16)11-17;1-2(3)4/h3-6,14H,2,7-11,16H2,1H3;1H3,(H2,3,4)/t14-;/m1./s1. The van der Waals surface area contributed by atoms with Gasteiger partial charge in [0.05, 0.1) is 6.61 Å². The van der Waals surface area contributed by atoms with Gasteiger partial charge in [-0.25, -0.2) is 0 Å². The van der Waals surface area contributed by atoms with Crippen LogP contribution >= 0.6 is 0 Å². The van der Waals surface area contributed by atoms with Gasteiger partial charge in [0.15, 0.2) is 5.78 Å². The van der Waals surface area contributed by atoms with Gasteiger partial charge >= 0.3 is 0 Å². The lowest BCUT2D eigenvalue weighted by Crippen LogP contribution is -2.28. The Morgan fingerprint density at radius 2 is 1.87 bits per heavy atom. The molecule has 0 aliphatic carbocycles. The van der Waals surface area contributed by atoms with Gasteiger partial charge in [-0.05, 0) is 50.6 Å². The van der Waals surface area contributed by atoms with Crippen LogP contribution in [0.3, 0.4) is 0 Å². The third-order valence-corrected chi connectivity index (χ3v) is 3.46. The van der Waals surface area contributed by atoms with Crippen molar-refractivity contribution < 1.29 is 14.3 Å². The molecule has 6 nitrogen and oxygen atoms in total. The number of ketones is 1. The summed E-state index contributed by atoms with van der Waals surface area (Å²) in [5.74, 6) is 0.569. The normalized spacial score (nSPS) is 17.3. The molecule has 1 atom stereocenters. The fourth-order valence-corrected chi connectivity index (χ4v) is 2.33. The minimum atomic E-state index is -0.333. The molecule has 1 fully saturated rings. The molecule has 1 aromatic rings. The van der Waals surface area contributed by atoms with Crippen LogP contribution < -0.4 is 16.2 Å². The predicted molar refractivity (Wildman–Crippen MR) is 90.5 cm³/mol. The van der Waals surface area contributed by atoms with Crippen LogP contribution in [0.25, 0.3) is 0 Å². The number of Topliss-reactive ketones (excluding diaryl/α,β-unsaturated/α-hetero) is 1. The number of benzene rings is 1. The quantitative estimate of drug-likeness (QED) is 0.605. The molecule has 0 radical (unpaired) electrons. The molecule has 128 valence electrons. The number of likely N-dealkylation sites (tertiary alicyclic amines) is 1. The van der Waals surface area contributed by atoms with Crippen LogP contribution in [-0.2, 0) is 4.79 Å². The average Bonchev–Trinajstić information content (AvgIpc) is 2.89. The first-order valence-electron chi connectivity index (χ1n) is 7.86. The number of hydrogen-bond acceptors (Lipinski definition) is 5. The third kappa shape index (κ3) is 8.32. The summed E-state index contributed by atoms with van der Waals surface area (Å²) >= 11 is 0. The van der Waals surface area contributed by atoms with Crippen molar-refractivity contribution in [1.82, 2.24) is 4.90 Å². The minimum absolute atomic E-state index is 0.0805. The van der Waals surface area contributed by atoms with Gasteiger partial charge in [-0.1, -0.05) is 0 Å². The van der Waals surface area contributed by atoms with Crippen molar-refractivity contribution in [2.45, 2.75) is 32.7 Å². The number of amides is 1. The largest absolute Gasteiger partial charge is 0.494 e. The van der Waals surface area contributed by atoms with Crippen molar-refractivity contribution >= 4 is 11.7 Å². The van der Waals surface area contributed by atoms with E-state index in [0.717, 1.165) is 43.8 Å². The molecule has 0 spiro atoms. The number of rotatable bonds is 6. The predicted octanol–water partition coefficient (Wildman–Crippen LogP) is 1.18. The number of ether oxygens (including phenoxy) is 1. The van der Waals surface area contributed by atoms with E-state index in [-0.39, 0.29) is 11.7 Å². The molecule has 1 heterocycles. The summed E-state index contributed by atoms with van der Waals surface area (Å²) in [7, 11) is 0. The molecule has 1 amide bonds. The van der Waals surface area contributed by atoms with Crippen LogP contribution in [0.4, 0.5) is 0 Å². The first-order chi connectivity index (χ1) is 10.9. The molecule has 4 N–H and O–H groups in total. The van der Waals surface area contributed by atoms with Crippen LogP contribution in [0.2, 0.25) is 0 Å². The van der Waals surface area contributed by atoms with E-state index in [0.29, 0.717) is 12.6 Å². The van der Waals surface area contributed by atoms with E-state index in [9.17, 15) is 9.59 Å². The van der Waals surface area contributed by atoms with Gasteiger partial charge in [-0.15, -0.1) is 0 Å². The van der Waals surface area contributed by atoms with E-state index in [4.69, 9.17) is 10.5 Å². The molecule has 23 heavy (non-hydrogen) atoms. The maximum absolute atomic E-state index is 11.1. The Balaban J connectivity index is 0.000000593. The summed E-state index contributed by atoms with van der Waals surface area (Å²) in [5.41, 5.74) is 11.1. The van der Waals surface area contributed by atoms with Crippen LogP contribution in [0.5, 0.6) is 5.75 Å². The summed E-state index contributed by atoms with van der Waals surface area (Å²) in [4.78, 5) is 22.7. The van der Waals surface area contributed by atoms with Gasteiger partial charge in [-0.2, -0.15) is 0 Å². The summed E-state index contributed by atoms with van der Waals surface area (Å²) < 4.78 is 5.66. The summed E-state index contributed by atoms with van der Waals surface area (Å²) in [6.45, 7) is 6.72. The molecular weight excluding hydrogens is 294 g/mol. The number of nitrogens with zero attached hydrogens (tertiary/aromatic N) is 1. The van der Waals surface area contributed by atoms with E-state index in [1.165, 1.54) is 6.92 Å². The molecular formula is C17H27N3O3. The van der Waals surface area contributed by atoms with E-state index in [2.05, 4.69) is 10.6 Å². The highest BCUT2D eigenvalue weighted by molar-refractivity contribution is 5.94. The van der Waals surface area contributed by atoms with Crippen molar-refractivity contribution in [1.29, 1.82) is 0 Å². The minimum Gasteiger partial charge on any atom is -0.494 e. The highest BCUT2D eigenvalue weighted by atomic mass is 16.5. The van der Waals surface area contributed by atoms with Crippen molar-refractivity contribution in [3.8, 4) is 5.75 Å². The molecule has 1 aromatic carbocycles. The number of nitrogens with two attached hydrogens (primary N) is 2. The maximum Gasteiger partial charge on any atom is 0.214 e. The molecule has 2 rings (SSSR count). The number of carbonyl (C=O) groups excluding carboxylic acids is 2. The summed E-state index contributed by atoms with van der Waals surface area (Å²) in [6, 6.07) is 7.65. The fourth-order valence-electron chi connectivity index (χ4n) is 2.33. The molecule has 1 saturated heterocycles. The van der Waals surface area contributed by atoms with E-state index < -0.39 is 0 Å². The van der Waals surface area contributed by atoms with Gasteiger partial charge in [0.25, 0.3) is 0 Å². The molecule has 0 saturated carbocycles. The summed E-state index contributed by atoms with van der Waals surface area (Å²) in [6.07, 6.45) is 2.11. The van der Waals surface area contributed by atoms with Crippen molar-refractivity contribution in [2.24, 2.45) is 11.5 Å². The lowest BCUT2D eigenvalue weighted by atomic mass is 10.1. The fraction of sp³-hybridized carbons (Fsp3) is 0.529. The van der Waals surface area contributed by atoms with Crippen LogP contribution in [0, 0.1) is 0 Å². The lowest BCUT2D eigenvalue weighted by Gasteiger charge is -2.15. The first-order valence-corrected chi connectivity index (χ1v) is 7.86. The van der Waals surface area contributed by atoms with Crippen LogP contribution in [-0.4, -0.2) is 48.9 Å². The van der Waals surface area contributed by atoms with Gasteiger partial charge in [0.2, 0.25) is 5.91 Å². The SMILES string of the molecule is CC(=O)c1ccc(OCCCN2CC[C@@H](N)C2)cc1.CC(N)=O. The zero-order valence-electron chi connectivity index (χ0n) is 14.0. The van der Waals surface area contributed by atoms with E-state index >= 15 is 0 Å². The Labute approximate surface area is 137 Å². The number of carbonyl (C=O) groups is 2. The Morgan fingerprint density at radius 3 is 2.35 bits per heavy atom. The second-order valence-electron chi connectivity index (χ2n) is 5.74. The monoisotopic (exact) mass is 321 g/mol. The Hall–Kier alpha value is -1.92. The molecule has 1 aliphatic heterocycles. The smallest absolute Gasteiger partial charge is 0.214 e. The van der Waals surface area contributed by atoms with Gasteiger partial charge in [0, 0.05) is 31.6 Å². The van der Waals surface area contributed by atoms with E-state index in [1.807, 2.05) is 12.1 Å². The number of primary amides is 1. The second-order valence-corrected chi connectivity index (χ2v) is 5.74. The molecule has 0 unspecified atom stereocenters. The second kappa shape index (κ2) is 9.97. The Bertz CT molecular complexity index is 498. The third-order valence-electron chi connectivity index (χ3n) is 3.46. The van der Waals surface area contributed by atoms with Crippen molar-refractivity contribution in [3.05, 3.63) is 29.8 Å². The molecule has 6 heteroatoms. The average molecular weight is 321 g/mol. The maximum atomic E-state index is 11.1. The highest BCUT2D eigenvalue weighted by Gasteiger charge is 2.17. The van der Waals surface area contributed by atoms with Gasteiger partial charge in [0.1, 0.15) is 5.75 Å². The molecule has 1 aliphatic rings. The van der Waals surface area contributed by atoms with Crippen LogP contribution in [0.1, 0.15) is 37.0 Å². The Morgan fingerprint density at radius 1 is 1.26 bits per heavy atom. The zero-order chi connectivity index (χ0) is 17.2. The highest BCUT2D eigenvalue weighted by Crippen LogP contribution is 2.13. The van der Waals surface area contributed by atoms with Gasteiger partial charge in [-0.3, -0.25) is 9.59 Å². The lowest BCUT2D eigenvalue weighted by molar-refractivity contribution is -0.115. The van der Waals surface area contributed by atoms with Crippen molar-refractivity contribution in [3.63, 3.8) is 0 Å². The van der Waals surface area contributed by atoms with Crippen LogP contribution in [0.15, 0.2) is 24.3 Å². The van der Waals surface area contributed by atoms with Crippen molar-refractivity contribution in [2.75, 3.05) is 26.2 Å². The summed E-state index contributed by atoms with van der Waals surface area (Å²) in [5, 5.41) is 0. The zero-order valence-corrected chi connectivity index (χ0v) is 14.0. The number of hydrogen-bond donors (Lipinski definition) is 2. The van der Waals surface area contributed by atoms with Gasteiger partial charge < -0.3 is 21.1 Å². The topological polar surface area (TPSA) is 98.7 Å². The van der Waals surface area contributed by atoms with E-state index in [1.54, 1.807) is 19.1 Å². The molecule has 0 bridgehead atoms. The Kier molecular flexibility index (Phi) is 8.29. The first kappa shape index (κ1) is 19.1. The molecule has 0 aromatic heterocycles.